The molecule has 1 fully saturated rings. The fraction of sp³-hybridized carbons (Fsp3) is 0.353. The van der Waals surface area contributed by atoms with Crippen LogP contribution in [0.2, 0.25) is 0 Å². The average molecular weight is 268 g/mol. The highest BCUT2D eigenvalue weighted by atomic mass is 16.5. The van der Waals surface area contributed by atoms with Gasteiger partial charge >= 0.3 is 0 Å². The van der Waals surface area contributed by atoms with Crippen LogP contribution in [0.5, 0.6) is 5.75 Å². The van der Waals surface area contributed by atoms with Crippen molar-refractivity contribution in [3.8, 4) is 5.75 Å². The summed E-state index contributed by atoms with van der Waals surface area (Å²) in [6.45, 7) is 0.814. The van der Waals surface area contributed by atoms with Gasteiger partial charge in [-0.25, -0.2) is 0 Å². The van der Waals surface area contributed by atoms with E-state index in [1.165, 1.54) is 18.4 Å². The molecule has 1 aliphatic carbocycles. The van der Waals surface area contributed by atoms with Crippen LogP contribution in [-0.4, -0.2) is 12.1 Å². The van der Waals surface area contributed by atoms with Crippen LogP contribution in [0.4, 0.5) is 0 Å². The van der Waals surface area contributed by atoms with Crippen molar-refractivity contribution in [2.45, 2.75) is 25.4 Å². The molecule has 1 N–H and O–H groups in total. The van der Waals surface area contributed by atoms with Crippen LogP contribution in [-0.2, 0) is 6.54 Å². The van der Waals surface area contributed by atoms with Crippen molar-refractivity contribution in [3.63, 3.8) is 0 Å². The zero-order valence-corrected chi connectivity index (χ0v) is 11.8. The van der Waals surface area contributed by atoms with E-state index >= 15 is 0 Å². The SMILES string of the molecule is COc1ccc(C(NCc2ccccn2)C2CC2)cc1. The van der Waals surface area contributed by atoms with Crippen LogP contribution in [0.15, 0.2) is 48.7 Å². The van der Waals surface area contributed by atoms with E-state index in [0.717, 1.165) is 23.9 Å². The summed E-state index contributed by atoms with van der Waals surface area (Å²) in [7, 11) is 1.70. The number of ether oxygens (including phenoxy) is 1. The zero-order valence-electron chi connectivity index (χ0n) is 11.8. The number of methoxy groups -OCH3 is 1. The molecule has 0 radical (unpaired) electrons. The minimum atomic E-state index is 0.419. The predicted molar refractivity (Wildman–Crippen MR) is 79.5 cm³/mol. The first-order valence-corrected chi connectivity index (χ1v) is 7.14. The Hall–Kier alpha value is -1.87. The lowest BCUT2D eigenvalue weighted by Crippen LogP contribution is -2.23. The zero-order chi connectivity index (χ0) is 13.8. The van der Waals surface area contributed by atoms with Crippen LogP contribution in [0.3, 0.4) is 0 Å². The van der Waals surface area contributed by atoms with Crippen LogP contribution < -0.4 is 10.1 Å². The fourth-order valence-electron chi connectivity index (χ4n) is 2.51. The molecule has 0 amide bonds. The first-order chi connectivity index (χ1) is 9.86. The van der Waals surface area contributed by atoms with Crippen LogP contribution in [0, 0.1) is 5.92 Å². The van der Waals surface area contributed by atoms with Crippen molar-refractivity contribution in [1.29, 1.82) is 0 Å². The summed E-state index contributed by atoms with van der Waals surface area (Å²) in [5.74, 6) is 1.67. The lowest BCUT2D eigenvalue weighted by Gasteiger charge is -2.19. The molecular formula is C17H20N2O. The third kappa shape index (κ3) is 3.17. The molecule has 20 heavy (non-hydrogen) atoms. The molecule has 3 heteroatoms. The van der Waals surface area contributed by atoms with E-state index in [2.05, 4.69) is 28.5 Å². The predicted octanol–water partition coefficient (Wildman–Crippen LogP) is 3.33. The maximum absolute atomic E-state index is 5.22. The second-order valence-electron chi connectivity index (χ2n) is 5.29. The monoisotopic (exact) mass is 268 g/mol. The number of rotatable bonds is 6. The minimum absolute atomic E-state index is 0.419. The van der Waals surface area contributed by atoms with E-state index in [-0.39, 0.29) is 0 Å². The lowest BCUT2D eigenvalue weighted by molar-refractivity contribution is 0.413. The van der Waals surface area contributed by atoms with Crippen molar-refractivity contribution < 1.29 is 4.74 Å². The number of nitrogens with zero attached hydrogens (tertiary/aromatic N) is 1. The summed E-state index contributed by atoms with van der Waals surface area (Å²) >= 11 is 0. The molecule has 3 nitrogen and oxygen atoms in total. The van der Waals surface area contributed by atoms with Gasteiger partial charge in [-0.15, -0.1) is 0 Å². The largest absolute Gasteiger partial charge is 0.497 e. The van der Waals surface area contributed by atoms with Crippen LogP contribution >= 0.6 is 0 Å². The Balaban J connectivity index is 1.69. The van der Waals surface area contributed by atoms with E-state index in [4.69, 9.17) is 4.74 Å². The molecule has 1 aromatic heterocycles. The Kier molecular flexibility index (Phi) is 3.97. The number of hydrogen-bond acceptors (Lipinski definition) is 3. The molecule has 1 atom stereocenters. The van der Waals surface area contributed by atoms with Gasteiger partial charge < -0.3 is 10.1 Å². The van der Waals surface area contributed by atoms with Crippen molar-refractivity contribution in [2.75, 3.05) is 7.11 Å². The molecule has 1 heterocycles. The molecule has 1 aliphatic rings. The molecule has 0 bridgehead atoms. The average Bonchev–Trinajstić information content (AvgIpc) is 3.34. The molecule has 0 aliphatic heterocycles. The number of benzene rings is 1. The third-order valence-electron chi connectivity index (χ3n) is 3.80. The van der Waals surface area contributed by atoms with E-state index in [1.54, 1.807) is 7.11 Å². The molecule has 1 aromatic carbocycles. The Morgan fingerprint density at radius 1 is 1.20 bits per heavy atom. The van der Waals surface area contributed by atoms with Gasteiger partial charge in [0.05, 0.1) is 12.8 Å². The molecular weight excluding hydrogens is 248 g/mol. The Morgan fingerprint density at radius 2 is 2.00 bits per heavy atom. The van der Waals surface area contributed by atoms with Gasteiger partial charge in [0.25, 0.3) is 0 Å². The van der Waals surface area contributed by atoms with Gasteiger partial charge in [0.2, 0.25) is 0 Å². The highest BCUT2D eigenvalue weighted by Gasteiger charge is 2.31. The summed E-state index contributed by atoms with van der Waals surface area (Å²) in [6.07, 6.45) is 4.47. The topological polar surface area (TPSA) is 34.1 Å². The first-order valence-electron chi connectivity index (χ1n) is 7.14. The van der Waals surface area contributed by atoms with E-state index in [1.807, 2.05) is 30.5 Å². The van der Waals surface area contributed by atoms with Gasteiger partial charge in [-0.1, -0.05) is 18.2 Å². The molecule has 0 spiro atoms. The molecule has 1 saturated carbocycles. The summed E-state index contributed by atoms with van der Waals surface area (Å²) in [5, 5.41) is 3.65. The maximum atomic E-state index is 5.22. The number of nitrogens with one attached hydrogen (secondary N) is 1. The van der Waals surface area contributed by atoms with E-state index in [9.17, 15) is 0 Å². The summed E-state index contributed by atoms with van der Waals surface area (Å²) in [6, 6.07) is 14.9. The lowest BCUT2D eigenvalue weighted by atomic mass is 10.0. The van der Waals surface area contributed by atoms with Crippen molar-refractivity contribution in [1.82, 2.24) is 10.3 Å². The summed E-state index contributed by atoms with van der Waals surface area (Å²) < 4.78 is 5.22. The maximum Gasteiger partial charge on any atom is 0.118 e. The van der Waals surface area contributed by atoms with Crippen molar-refractivity contribution in [2.24, 2.45) is 5.92 Å². The summed E-state index contributed by atoms with van der Waals surface area (Å²) in [5.41, 5.74) is 2.43. The second-order valence-corrected chi connectivity index (χ2v) is 5.29. The van der Waals surface area contributed by atoms with Gasteiger partial charge in [0.15, 0.2) is 0 Å². The molecule has 0 saturated heterocycles. The summed E-state index contributed by atoms with van der Waals surface area (Å²) in [4.78, 5) is 4.37. The van der Waals surface area contributed by atoms with Crippen molar-refractivity contribution in [3.05, 3.63) is 59.9 Å². The molecule has 1 unspecified atom stereocenters. The van der Waals surface area contributed by atoms with Gasteiger partial charge in [-0.3, -0.25) is 4.98 Å². The molecule has 104 valence electrons. The Labute approximate surface area is 120 Å². The number of aromatic nitrogens is 1. The molecule has 3 rings (SSSR count). The number of hydrogen-bond donors (Lipinski definition) is 1. The fourth-order valence-corrected chi connectivity index (χ4v) is 2.51. The quantitative estimate of drug-likeness (QED) is 0.872. The highest BCUT2D eigenvalue weighted by molar-refractivity contribution is 5.30. The van der Waals surface area contributed by atoms with Gasteiger partial charge in [-0.2, -0.15) is 0 Å². The van der Waals surface area contributed by atoms with Crippen LogP contribution in [0.1, 0.15) is 30.1 Å². The third-order valence-corrected chi connectivity index (χ3v) is 3.80. The van der Waals surface area contributed by atoms with E-state index < -0.39 is 0 Å². The number of pyridine rings is 1. The van der Waals surface area contributed by atoms with E-state index in [0.29, 0.717) is 6.04 Å². The second kappa shape index (κ2) is 6.06. The van der Waals surface area contributed by atoms with Crippen molar-refractivity contribution >= 4 is 0 Å². The normalized spacial score (nSPS) is 15.8. The Bertz CT molecular complexity index is 535. The standard InChI is InChI=1S/C17H20N2O/c1-20-16-9-7-14(8-10-16)17(13-5-6-13)19-12-15-4-2-3-11-18-15/h2-4,7-11,13,17,19H,5-6,12H2,1H3. The van der Waals surface area contributed by atoms with Gasteiger partial charge in [0, 0.05) is 18.8 Å². The Morgan fingerprint density at radius 3 is 2.60 bits per heavy atom. The van der Waals surface area contributed by atoms with Gasteiger partial charge in [-0.05, 0) is 48.6 Å². The minimum Gasteiger partial charge on any atom is -0.497 e. The van der Waals surface area contributed by atoms with Gasteiger partial charge in [0.1, 0.15) is 5.75 Å². The van der Waals surface area contributed by atoms with Crippen LogP contribution in [0.25, 0.3) is 0 Å². The molecule has 2 aromatic rings. The first kappa shape index (κ1) is 13.1. The smallest absolute Gasteiger partial charge is 0.118 e. The highest BCUT2D eigenvalue weighted by Crippen LogP contribution is 2.41.